The van der Waals surface area contributed by atoms with Crippen LogP contribution in [0.5, 0.6) is 0 Å². The summed E-state index contributed by atoms with van der Waals surface area (Å²) >= 11 is 0. The van der Waals surface area contributed by atoms with Gasteiger partial charge in [-0.3, -0.25) is 13.8 Å². The van der Waals surface area contributed by atoms with Gasteiger partial charge in [0.25, 0.3) is 0 Å². The number of phosphoric acid groups is 1. The van der Waals surface area contributed by atoms with Crippen LogP contribution in [0.15, 0.2) is 48.6 Å². The van der Waals surface area contributed by atoms with Crippen LogP contribution in [0.25, 0.3) is 0 Å². The van der Waals surface area contributed by atoms with Gasteiger partial charge in [-0.05, 0) is 51.4 Å². The minimum Gasteiger partial charge on any atom is -0.387 e. The molecule has 0 aromatic carbocycles. The van der Waals surface area contributed by atoms with Gasteiger partial charge in [-0.25, -0.2) is 4.57 Å². The number of aliphatic hydroxyl groups is 1. The average Bonchev–Trinajstić information content (AvgIpc) is 2.99. The number of amides is 1. The Bertz CT molecular complexity index is 897. The van der Waals surface area contributed by atoms with E-state index in [1.807, 2.05) is 27.2 Å². The van der Waals surface area contributed by atoms with E-state index in [0.29, 0.717) is 17.4 Å². The molecule has 0 spiro atoms. The van der Waals surface area contributed by atoms with Crippen LogP contribution in [0.1, 0.15) is 129 Å². The Hall–Kier alpha value is -1.54. The van der Waals surface area contributed by atoms with Crippen LogP contribution in [0.4, 0.5) is 0 Å². The van der Waals surface area contributed by atoms with Crippen molar-refractivity contribution in [2.75, 3.05) is 40.9 Å². The van der Waals surface area contributed by atoms with Crippen molar-refractivity contribution >= 4 is 13.7 Å². The number of hydrogen-bond donors (Lipinski definition) is 3. The molecule has 8 nitrogen and oxygen atoms in total. The summed E-state index contributed by atoms with van der Waals surface area (Å²) in [6, 6.07) is -0.859. The summed E-state index contributed by atoms with van der Waals surface area (Å²) in [5.74, 6) is -0.212. The molecule has 0 aliphatic heterocycles. The van der Waals surface area contributed by atoms with Crippen molar-refractivity contribution in [1.82, 2.24) is 5.32 Å². The van der Waals surface area contributed by atoms with Gasteiger partial charge in [0.05, 0.1) is 39.9 Å². The predicted octanol–water partition coefficient (Wildman–Crippen LogP) is 8.96. The number of nitrogens with zero attached hydrogens (tertiary/aromatic N) is 1. The molecular weight excluding hydrogens is 599 g/mol. The number of allylic oxidation sites excluding steroid dienone is 7. The van der Waals surface area contributed by atoms with Crippen LogP contribution in [0.3, 0.4) is 0 Å². The molecular formula is C37H70N2O6P+. The minimum absolute atomic E-state index is 0.0536. The average molecular weight is 670 g/mol. The maximum absolute atomic E-state index is 12.7. The standard InChI is InChI=1S/C37H69N2O6P/c1-6-8-10-12-14-16-18-19-21-23-25-27-29-31-37(41)38-35(34-45-46(42,43)44-33-32-39(3,4)5)36(40)30-28-26-24-22-20-17-15-13-11-9-7-2/h8,10,14,16,19,21,28,30,35-36,40H,6-7,9,11-13,15,17-18,20,22-27,29,31-34H2,1-5H3,(H-,38,41,42,43)/p+1/b10-8-,16-14-,21-19-,30-28+. The van der Waals surface area contributed by atoms with E-state index in [4.69, 9.17) is 9.05 Å². The number of rotatable bonds is 31. The van der Waals surface area contributed by atoms with Crippen LogP contribution < -0.4 is 5.32 Å². The highest BCUT2D eigenvalue weighted by molar-refractivity contribution is 7.47. The maximum Gasteiger partial charge on any atom is 0.472 e. The molecule has 3 unspecified atom stereocenters. The van der Waals surface area contributed by atoms with E-state index in [1.165, 1.54) is 44.9 Å². The van der Waals surface area contributed by atoms with Crippen molar-refractivity contribution < 1.29 is 32.9 Å². The van der Waals surface area contributed by atoms with Crippen LogP contribution in [-0.4, -0.2) is 73.4 Å². The molecule has 1 amide bonds. The summed E-state index contributed by atoms with van der Waals surface area (Å²) in [6.45, 7) is 4.62. The molecule has 3 atom stereocenters. The van der Waals surface area contributed by atoms with Crippen LogP contribution >= 0.6 is 7.82 Å². The Morgan fingerprint density at radius 1 is 0.761 bits per heavy atom. The Morgan fingerprint density at radius 2 is 1.30 bits per heavy atom. The summed E-state index contributed by atoms with van der Waals surface area (Å²) in [6.07, 6.45) is 34.6. The maximum atomic E-state index is 12.7. The molecule has 0 heterocycles. The van der Waals surface area contributed by atoms with Gasteiger partial charge in [-0.1, -0.05) is 120 Å². The van der Waals surface area contributed by atoms with Gasteiger partial charge in [0.15, 0.2) is 0 Å². The van der Waals surface area contributed by atoms with Gasteiger partial charge in [0.1, 0.15) is 13.2 Å². The van der Waals surface area contributed by atoms with E-state index in [2.05, 4.69) is 55.6 Å². The van der Waals surface area contributed by atoms with E-state index in [1.54, 1.807) is 6.08 Å². The molecule has 0 aromatic heterocycles. The van der Waals surface area contributed by atoms with Crippen LogP contribution in [0, 0.1) is 0 Å². The summed E-state index contributed by atoms with van der Waals surface area (Å²) in [7, 11) is 1.54. The third kappa shape index (κ3) is 31.1. The smallest absolute Gasteiger partial charge is 0.387 e. The van der Waals surface area contributed by atoms with Gasteiger partial charge >= 0.3 is 7.82 Å². The Labute approximate surface area is 282 Å². The number of aliphatic hydroxyl groups excluding tert-OH is 1. The van der Waals surface area contributed by atoms with E-state index >= 15 is 0 Å². The first-order valence-electron chi connectivity index (χ1n) is 18.0. The molecule has 0 aromatic rings. The van der Waals surface area contributed by atoms with Gasteiger partial charge in [-0.2, -0.15) is 0 Å². The molecule has 0 saturated heterocycles. The Morgan fingerprint density at radius 3 is 1.91 bits per heavy atom. The number of nitrogens with one attached hydrogen (secondary N) is 1. The summed E-state index contributed by atoms with van der Waals surface area (Å²) in [5.41, 5.74) is 0. The zero-order chi connectivity index (χ0) is 34.4. The van der Waals surface area contributed by atoms with E-state index in [0.717, 1.165) is 64.2 Å². The Kier molecular flexibility index (Phi) is 28.6. The topological polar surface area (TPSA) is 105 Å². The number of unbranched alkanes of at least 4 members (excludes halogenated alkanes) is 12. The molecule has 9 heteroatoms. The van der Waals surface area contributed by atoms with Crippen LogP contribution in [-0.2, 0) is 18.4 Å². The number of carbonyl (C=O) groups is 1. The number of carbonyl (C=O) groups excluding carboxylic acids is 1. The van der Waals surface area contributed by atoms with Gasteiger partial charge < -0.3 is 19.8 Å². The largest absolute Gasteiger partial charge is 0.472 e. The second-order valence-electron chi connectivity index (χ2n) is 13.2. The highest BCUT2D eigenvalue weighted by Crippen LogP contribution is 2.43. The second kappa shape index (κ2) is 29.6. The lowest BCUT2D eigenvalue weighted by atomic mass is 10.1. The molecule has 0 aliphatic rings. The van der Waals surface area contributed by atoms with E-state index < -0.39 is 20.0 Å². The molecule has 46 heavy (non-hydrogen) atoms. The fourth-order valence-corrected chi connectivity index (χ4v) is 5.38. The van der Waals surface area contributed by atoms with Crippen molar-refractivity contribution in [3.8, 4) is 0 Å². The molecule has 0 rings (SSSR count). The zero-order valence-electron chi connectivity index (χ0n) is 30.0. The third-order valence-electron chi connectivity index (χ3n) is 7.55. The molecule has 0 aliphatic carbocycles. The van der Waals surface area contributed by atoms with Crippen molar-refractivity contribution in [3.05, 3.63) is 48.6 Å². The minimum atomic E-state index is -4.33. The van der Waals surface area contributed by atoms with Gasteiger partial charge in [0.2, 0.25) is 5.91 Å². The number of likely N-dealkylation sites (N-methyl/N-ethyl adjacent to an activating group) is 1. The van der Waals surface area contributed by atoms with Crippen LogP contribution in [0.2, 0.25) is 0 Å². The molecule has 0 radical (unpaired) electrons. The van der Waals surface area contributed by atoms with Crippen molar-refractivity contribution in [2.24, 2.45) is 0 Å². The van der Waals surface area contributed by atoms with Gasteiger partial charge in [0, 0.05) is 6.42 Å². The monoisotopic (exact) mass is 669 g/mol. The lowest BCUT2D eigenvalue weighted by Gasteiger charge is -2.25. The lowest BCUT2D eigenvalue weighted by Crippen LogP contribution is -2.45. The molecule has 0 fully saturated rings. The highest BCUT2D eigenvalue weighted by Gasteiger charge is 2.27. The summed E-state index contributed by atoms with van der Waals surface area (Å²) in [4.78, 5) is 22.9. The number of quaternary nitrogens is 1. The van der Waals surface area contributed by atoms with Crippen molar-refractivity contribution in [1.29, 1.82) is 0 Å². The zero-order valence-corrected chi connectivity index (χ0v) is 30.9. The fourth-order valence-electron chi connectivity index (χ4n) is 4.64. The van der Waals surface area contributed by atoms with Gasteiger partial charge in [-0.15, -0.1) is 0 Å². The summed E-state index contributed by atoms with van der Waals surface area (Å²) in [5, 5.41) is 13.7. The first kappa shape index (κ1) is 44.5. The van der Waals surface area contributed by atoms with Crippen molar-refractivity contribution in [3.63, 3.8) is 0 Å². The fraction of sp³-hybridized carbons (Fsp3) is 0.757. The van der Waals surface area contributed by atoms with Crippen molar-refractivity contribution in [2.45, 2.75) is 142 Å². The SMILES string of the molecule is CC/C=C\C/C=C\C/C=C\CCCCCC(=O)NC(COP(=O)(O)OCC[N+](C)(C)C)C(O)/C=C/CCCCCCCCCCC. The highest BCUT2D eigenvalue weighted by atomic mass is 31.2. The third-order valence-corrected chi connectivity index (χ3v) is 8.54. The number of phosphoric ester groups is 1. The molecule has 3 N–H and O–H groups in total. The van der Waals surface area contributed by atoms with E-state index in [-0.39, 0.29) is 19.1 Å². The first-order valence-corrected chi connectivity index (χ1v) is 19.5. The Balaban J connectivity index is 4.65. The molecule has 0 saturated carbocycles. The second-order valence-corrected chi connectivity index (χ2v) is 14.7. The first-order chi connectivity index (χ1) is 22.0. The normalized spacial score (nSPS) is 15.4. The number of hydrogen-bond acceptors (Lipinski definition) is 5. The molecule has 0 bridgehead atoms. The van der Waals surface area contributed by atoms with E-state index in [9.17, 15) is 19.4 Å². The molecule has 268 valence electrons. The lowest BCUT2D eigenvalue weighted by molar-refractivity contribution is -0.870. The summed E-state index contributed by atoms with van der Waals surface area (Å²) < 4.78 is 23.4. The predicted molar refractivity (Wildman–Crippen MR) is 194 cm³/mol. The quantitative estimate of drug-likeness (QED) is 0.0295.